The lowest BCUT2D eigenvalue weighted by atomic mass is 9.87. The second-order valence-electron chi connectivity index (χ2n) is 13.9. The van der Waals surface area contributed by atoms with E-state index in [9.17, 15) is 63.0 Å². The van der Waals surface area contributed by atoms with Crippen LogP contribution in [0.4, 0.5) is 5.82 Å². The summed E-state index contributed by atoms with van der Waals surface area (Å²) in [5.74, 6) is -1.36. The highest BCUT2D eigenvalue weighted by Gasteiger charge is 2.47. The molecule has 340 valence electrons. The number of imidazole rings is 1. The first-order valence-corrected chi connectivity index (χ1v) is 23.6. The Morgan fingerprint density at radius 1 is 1.07 bits per heavy atom. The lowest BCUT2D eigenvalue weighted by Gasteiger charge is -2.36. The number of phosphoric acid groups is 3. The Balaban J connectivity index is 1.42. The standard InChI is InChI=1S/C31H52N7O18P3S/c1-4-5-6-7-8-9-19(39)14-22(41)60-13-12-33-21(40)10-11-34-29(44)26(43)31(2,3)16-53-59(50,51)56-58(48,49)52-15-20-25(55-57(45,46)47)24(42)30(54-20)38-18-37-23-27(32)35-17-36-28(23)38/h5-6,17-20,24-26,30,39,42-43H,4,7-16H2,1-3H3,(H,33,40)(H,34,44)(H,48,49)(H,50,51)(H2,32,35,36)(H2,45,46,47)/p-4/b6-5-/t19-,20+,24+,25+,26-,30+/m0/s1. The van der Waals surface area contributed by atoms with E-state index in [1.165, 1.54) is 13.8 Å². The van der Waals surface area contributed by atoms with Crippen molar-refractivity contribution in [3.05, 3.63) is 24.8 Å². The maximum absolute atomic E-state index is 12.6. The zero-order chi connectivity index (χ0) is 44.9. The molecule has 0 saturated carbocycles. The van der Waals surface area contributed by atoms with E-state index >= 15 is 0 Å². The second-order valence-corrected chi connectivity index (χ2v) is 19.1. The molecule has 0 spiro atoms. The molecule has 1 saturated heterocycles. The predicted octanol–water partition coefficient (Wildman–Crippen LogP) is -1.98. The molecule has 0 aliphatic carbocycles. The first kappa shape index (κ1) is 51.6. The molecule has 2 amide bonds. The van der Waals surface area contributed by atoms with Gasteiger partial charge in [0.2, 0.25) is 11.8 Å². The molecule has 0 bridgehead atoms. The van der Waals surface area contributed by atoms with Gasteiger partial charge in [-0.2, -0.15) is 0 Å². The van der Waals surface area contributed by atoms with Gasteiger partial charge < -0.3 is 74.1 Å². The number of allylic oxidation sites excluding steroid dienone is 2. The van der Waals surface area contributed by atoms with Crippen LogP contribution in [0.3, 0.4) is 0 Å². The molecule has 3 rings (SSSR count). The van der Waals surface area contributed by atoms with Crippen molar-refractivity contribution in [2.24, 2.45) is 5.41 Å². The monoisotopic (exact) mass is 931 g/mol. The van der Waals surface area contributed by atoms with E-state index in [0.29, 0.717) is 6.42 Å². The minimum absolute atomic E-state index is 0.0114. The number of fused-ring (bicyclic) bond motifs is 1. The molecular formula is C31H48N7O18P3S-4. The molecule has 60 heavy (non-hydrogen) atoms. The highest BCUT2D eigenvalue weighted by molar-refractivity contribution is 8.13. The quantitative estimate of drug-likeness (QED) is 0.0338. The van der Waals surface area contributed by atoms with Crippen molar-refractivity contribution in [2.75, 3.05) is 37.8 Å². The van der Waals surface area contributed by atoms with Crippen LogP contribution >= 0.6 is 35.2 Å². The molecule has 8 atom stereocenters. The molecule has 1 fully saturated rings. The van der Waals surface area contributed by atoms with Crippen molar-refractivity contribution >= 4 is 69.1 Å². The van der Waals surface area contributed by atoms with E-state index in [4.69, 9.17) is 10.5 Å². The molecule has 2 aromatic rings. The van der Waals surface area contributed by atoms with E-state index in [1.54, 1.807) is 0 Å². The Morgan fingerprint density at radius 3 is 2.45 bits per heavy atom. The summed E-state index contributed by atoms with van der Waals surface area (Å²) in [5, 5.41) is 36.0. The number of hydrogen-bond acceptors (Lipinski definition) is 23. The van der Waals surface area contributed by atoms with Crippen LogP contribution in [0.15, 0.2) is 24.8 Å². The molecule has 0 aromatic carbocycles. The van der Waals surface area contributed by atoms with Crippen LogP contribution in [0.2, 0.25) is 0 Å². The molecule has 7 N–H and O–H groups in total. The van der Waals surface area contributed by atoms with E-state index in [2.05, 4.69) is 43.5 Å². The van der Waals surface area contributed by atoms with Gasteiger partial charge in [0.05, 0.1) is 33.5 Å². The van der Waals surface area contributed by atoms with Crippen LogP contribution in [0, 0.1) is 5.41 Å². The number of nitrogen functional groups attached to an aromatic ring is 1. The van der Waals surface area contributed by atoms with Gasteiger partial charge in [-0.3, -0.25) is 28.1 Å². The van der Waals surface area contributed by atoms with Crippen LogP contribution in [0.1, 0.15) is 65.5 Å². The summed E-state index contributed by atoms with van der Waals surface area (Å²) < 4.78 is 60.6. The number of aromatic nitrogens is 4. The maximum atomic E-state index is 12.6. The number of nitrogens with zero attached hydrogens (tertiary/aromatic N) is 4. The van der Waals surface area contributed by atoms with Crippen LogP contribution in [-0.4, -0.2) is 114 Å². The molecule has 1 aliphatic heterocycles. The van der Waals surface area contributed by atoms with Crippen LogP contribution in [-0.2, 0) is 50.7 Å². The summed E-state index contributed by atoms with van der Waals surface area (Å²) >= 11 is 0.960. The van der Waals surface area contributed by atoms with E-state index in [0.717, 1.165) is 48.2 Å². The molecule has 0 radical (unpaired) electrons. The summed E-state index contributed by atoms with van der Waals surface area (Å²) in [5.41, 5.74) is 4.05. The number of phosphoric ester groups is 3. The number of thioether (sulfide) groups is 1. The highest BCUT2D eigenvalue weighted by Crippen LogP contribution is 2.56. The summed E-state index contributed by atoms with van der Waals surface area (Å²) in [6, 6.07) is 0. The number of unbranched alkanes of at least 4 members (excludes halogenated alkanes) is 1. The first-order valence-electron chi connectivity index (χ1n) is 18.3. The number of ether oxygens (including phenoxy) is 1. The van der Waals surface area contributed by atoms with Gasteiger partial charge in [-0.25, -0.2) is 19.3 Å². The number of aliphatic hydroxyl groups excluding tert-OH is 3. The lowest BCUT2D eigenvalue weighted by Crippen LogP contribution is -2.46. The molecule has 2 unspecified atom stereocenters. The van der Waals surface area contributed by atoms with Gasteiger partial charge in [0.15, 0.2) is 22.8 Å². The number of hydrogen-bond donors (Lipinski definition) is 6. The molecule has 1 aliphatic rings. The van der Waals surface area contributed by atoms with Gasteiger partial charge in [-0.15, -0.1) is 0 Å². The van der Waals surface area contributed by atoms with Crippen molar-refractivity contribution in [1.29, 1.82) is 0 Å². The largest absolute Gasteiger partial charge is 0.790 e. The molecule has 3 heterocycles. The summed E-state index contributed by atoms with van der Waals surface area (Å²) in [6.45, 7) is 1.99. The fourth-order valence-electron chi connectivity index (χ4n) is 5.38. The van der Waals surface area contributed by atoms with Crippen molar-refractivity contribution in [2.45, 2.75) is 96.0 Å². The van der Waals surface area contributed by atoms with Crippen LogP contribution in [0.25, 0.3) is 11.2 Å². The summed E-state index contributed by atoms with van der Waals surface area (Å²) in [7, 11) is -17.6. The number of aliphatic hydroxyl groups is 3. The van der Waals surface area contributed by atoms with Crippen molar-refractivity contribution in [3.8, 4) is 0 Å². The summed E-state index contributed by atoms with van der Waals surface area (Å²) in [6.07, 6.45) is -1.39. The molecule has 29 heteroatoms. The number of carbonyl (C=O) groups excluding carboxylic acids is 3. The van der Waals surface area contributed by atoms with Gasteiger partial charge in [0, 0.05) is 37.1 Å². The minimum Gasteiger partial charge on any atom is -0.790 e. The minimum atomic E-state index is -5.93. The van der Waals surface area contributed by atoms with Gasteiger partial charge >= 0.3 is 0 Å². The van der Waals surface area contributed by atoms with Crippen molar-refractivity contribution in [1.82, 2.24) is 30.2 Å². The smallest absolute Gasteiger partial charge is 0.274 e. The normalized spacial score (nSPS) is 21.7. The zero-order valence-electron chi connectivity index (χ0n) is 32.6. The number of anilines is 1. The number of amides is 2. The van der Waals surface area contributed by atoms with Gasteiger partial charge in [-0.05, 0) is 25.7 Å². The Bertz CT molecular complexity index is 1940. The van der Waals surface area contributed by atoms with E-state index < -0.39 is 90.7 Å². The van der Waals surface area contributed by atoms with Gasteiger partial charge in [-0.1, -0.05) is 44.7 Å². The summed E-state index contributed by atoms with van der Waals surface area (Å²) in [4.78, 5) is 96.3. The molecular weight excluding hydrogens is 883 g/mol. The average Bonchev–Trinajstić information content (AvgIpc) is 3.71. The van der Waals surface area contributed by atoms with Gasteiger partial charge in [0.25, 0.3) is 15.6 Å². The zero-order valence-corrected chi connectivity index (χ0v) is 36.1. The molecule has 2 aromatic heterocycles. The van der Waals surface area contributed by atoms with Crippen LogP contribution < -0.4 is 35.9 Å². The third-order valence-electron chi connectivity index (χ3n) is 8.45. The predicted molar refractivity (Wildman–Crippen MR) is 202 cm³/mol. The Morgan fingerprint density at radius 2 is 1.77 bits per heavy atom. The van der Waals surface area contributed by atoms with Gasteiger partial charge in [0.1, 0.15) is 36.3 Å². The number of nitrogens with one attached hydrogen (secondary N) is 2. The third-order valence-corrected chi connectivity index (χ3v) is 12.4. The Hall–Kier alpha value is -2.74. The van der Waals surface area contributed by atoms with Crippen LogP contribution in [0.5, 0.6) is 0 Å². The Labute approximate surface area is 348 Å². The number of nitrogens with two attached hydrogens (primary N) is 1. The maximum Gasteiger partial charge on any atom is 0.274 e. The number of carbonyl (C=O) groups is 3. The van der Waals surface area contributed by atoms with Crippen molar-refractivity contribution < 1.29 is 85.6 Å². The van der Waals surface area contributed by atoms with E-state index in [-0.39, 0.29) is 53.8 Å². The fraction of sp³-hybridized carbons (Fsp3) is 0.677. The highest BCUT2D eigenvalue weighted by atomic mass is 32.2. The third kappa shape index (κ3) is 16.9. The lowest BCUT2D eigenvalue weighted by molar-refractivity contribution is -0.347. The average molecular weight is 932 g/mol. The van der Waals surface area contributed by atoms with Crippen molar-refractivity contribution in [3.63, 3.8) is 0 Å². The SMILES string of the molecule is CC/C=C\CCC[C@H](O)CC(=O)SCCNC(=O)CCNC(=O)[C@H](O)C(C)(C)COP(=O)([O-])OP(=O)([O-])OC[C@H]1O[C@@H](n2cnc3c(N)ncnc32)[C@H](O)[C@@H]1OP(=O)([O-])[O-]. The topological polar surface area (TPSA) is 395 Å². The molecule has 25 nitrogen and oxygen atoms in total. The van der Waals surface area contributed by atoms with E-state index in [1.807, 2.05) is 19.1 Å². The fourth-order valence-corrected chi connectivity index (χ4v) is 8.86. The first-order chi connectivity index (χ1) is 27.9. The number of rotatable bonds is 26. The Kier molecular flexibility index (Phi) is 19.9. The second kappa shape index (κ2) is 23.1.